The molecule has 1 saturated heterocycles. The number of aliphatic carboxylic acids is 1. The maximum atomic E-state index is 12.6. The predicted octanol–water partition coefficient (Wildman–Crippen LogP) is 2.92. The minimum Gasteiger partial charge on any atom is -0.481 e. The predicted molar refractivity (Wildman–Crippen MR) is 97.5 cm³/mol. The summed E-state index contributed by atoms with van der Waals surface area (Å²) in [4.78, 5) is 39.8. The van der Waals surface area contributed by atoms with Crippen molar-refractivity contribution in [1.82, 2.24) is 9.80 Å². The van der Waals surface area contributed by atoms with Crippen molar-refractivity contribution in [3.05, 3.63) is 33.8 Å². The number of carboxylic acid groups (broad SMARTS) is 1. The summed E-state index contributed by atoms with van der Waals surface area (Å²) in [6.45, 7) is 1.54. The normalized spacial score (nSPS) is 19.0. The van der Waals surface area contributed by atoms with E-state index in [9.17, 15) is 19.5 Å². The number of piperazine rings is 1. The molecule has 0 atom stereocenters. The van der Waals surface area contributed by atoms with Crippen molar-refractivity contribution in [2.75, 3.05) is 26.2 Å². The first-order valence-corrected chi connectivity index (χ1v) is 9.34. The number of benzene rings is 1. The van der Waals surface area contributed by atoms with Gasteiger partial charge in [0.1, 0.15) is 0 Å². The Bertz CT molecular complexity index is 741. The van der Waals surface area contributed by atoms with Crippen LogP contribution in [-0.2, 0) is 9.59 Å². The third kappa shape index (κ3) is 3.53. The second-order valence-corrected chi connectivity index (χ2v) is 7.68. The van der Waals surface area contributed by atoms with Crippen LogP contribution in [0.5, 0.6) is 0 Å². The van der Waals surface area contributed by atoms with E-state index in [1.807, 2.05) is 0 Å². The lowest BCUT2D eigenvalue weighted by molar-refractivity contribution is -0.159. The average Bonchev–Trinajstić information content (AvgIpc) is 2.59. The van der Waals surface area contributed by atoms with E-state index in [0.29, 0.717) is 49.6 Å². The second kappa shape index (κ2) is 7.45. The molecule has 1 heterocycles. The first kappa shape index (κ1) is 19.0. The number of carboxylic acids is 1. The van der Waals surface area contributed by atoms with Gasteiger partial charge in [-0.05, 0) is 25.0 Å². The number of nitrogens with zero attached hydrogens (tertiary/aromatic N) is 2. The first-order chi connectivity index (χ1) is 12.3. The van der Waals surface area contributed by atoms with E-state index in [4.69, 9.17) is 23.2 Å². The average molecular weight is 399 g/mol. The standard InChI is InChI=1S/C18H20Cl2N2O4/c19-13-4-1-3-12(15(13)20)16(24)22-9-7-21(8-10-22)14(23)11-18(17(25)26)5-2-6-18/h1,3-4H,2,5-11H2,(H,25,26). The number of rotatable bonds is 4. The Hall–Kier alpha value is -1.79. The molecule has 1 aliphatic heterocycles. The summed E-state index contributed by atoms with van der Waals surface area (Å²) < 4.78 is 0. The third-order valence-corrected chi connectivity index (χ3v) is 6.17. The van der Waals surface area contributed by atoms with E-state index < -0.39 is 11.4 Å². The molecule has 2 fully saturated rings. The van der Waals surface area contributed by atoms with Gasteiger partial charge in [-0.15, -0.1) is 0 Å². The lowest BCUT2D eigenvalue weighted by Gasteiger charge is -2.40. The molecule has 1 N–H and O–H groups in total. The van der Waals surface area contributed by atoms with E-state index in [1.54, 1.807) is 28.0 Å². The smallest absolute Gasteiger partial charge is 0.310 e. The number of halogens is 2. The molecule has 0 spiro atoms. The SMILES string of the molecule is O=C(CC1(C(=O)O)CCC1)N1CCN(C(=O)c2cccc(Cl)c2Cl)CC1. The van der Waals surface area contributed by atoms with Crippen LogP contribution in [0, 0.1) is 5.41 Å². The summed E-state index contributed by atoms with van der Waals surface area (Å²) in [5.74, 6) is -1.26. The molecule has 8 heteroatoms. The molecule has 1 saturated carbocycles. The molecule has 1 aromatic rings. The maximum absolute atomic E-state index is 12.6. The fourth-order valence-electron chi connectivity index (χ4n) is 3.47. The van der Waals surface area contributed by atoms with E-state index in [0.717, 1.165) is 6.42 Å². The molecule has 26 heavy (non-hydrogen) atoms. The van der Waals surface area contributed by atoms with Crippen molar-refractivity contribution in [1.29, 1.82) is 0 Å². The van der Waals surface area contributed by atoms with Crippen LogP contribution in [-0.4, -0.2) is 58.9 Å². The fourth-order valence-corrected chi connectivity index (χ4v) is 3.85. The van der Waals surface area contributed by atoms with Gasteiger partial charge in [-0.3, -0.25) is 14.4 Å². The van der Waals surface area contributed by atoms with Crippen LogP contribution in [0.25, 0.3) is 0 Å². The van der Waals surface area contributed by atoms with Gasteiger partial charge in [-0.25, -0.2) is 0 Å². The zero-order chi connectivity index (χ0) is 18.9. The van der Waals surface area contributed by atoms with Crippen LogP contribution < -0.4 is 0 Å². The Labute approximate surface area is 161 Å². The molecule has 140 valence electrons. The quantitative estimate of drug-likeness (QED) is 0.845. The number of hydrogen-bond acceptors (Lipinski definition) is 3. The van der Waals surface area contributed by atoms with E-state index in [2.05, 4.69) is 0 Å². The van der Waals surface area contributed by atoms with Crippen LogP contribution in [0.3, 0.4) is 0 Å². The molecule has 1 aliphatic carbocycles. The molecule has 0 radical (unpaired) electrons. The first-order valence-electron chi connectivity index (χ1n) is 8.58. The topological polar surface area (TPSA) is 77.9 Å². The zero-order valence-corrected chi connectivity index (χ0v) is 15.7. The fraction of sp³-hybridized carbons (Fsp3) is 0.500. The van der Waals surface area contributed by atoms with Gasteiger partial charge in [0.2, 0.25) is 5.91 Å². The maximum Gasteiger partial charge on any atom is 0.310 e. The molecule has 0 bridgehead atoms. The van der Waals surface area contributed by atoms with Gasteiger partial charge in [-0.1, -0.05) is 35.7 Å². The Morgan fingerprint density at radius 1 is 1.04 bits per heavy atom. The largest absolute Gasteiger partial charge is 0.481 e. The highest BCUT2D eigenvalue weighted by Gasteiger charge is 2.46. The van der Waals surface area contributed by atoms with Gasteiger partial charge >= 0.3 is 5.97 Å². The van der Waals surface area contributed by atoms with Gasteiger partial charge in [0, 0.05) is 32.6 Å². The monoisotopic (exact) mass is 398 g/mol. The number of carbonyl (C=O) groups is 3. The second-order valence-electron chi connectivity index (χ2n) is 6.89. The van der Waals surface area contributed by atoms with Gasteiger partial charge < -0.3 is 14.9 Å². The Morgan fingerprint density at radius 2 is 1.65 bits per heavy atom. The van der Waals surface area contributed by atoms with Crippen molar-refractivity contribution in [2.45, 2.75) is 25.7 Å². The van der Waals surface area contributed by atoms with E-state index in [1.165, 1.54) is 0 Å². The van der Waals surface area contributed by atoms with Crippen molar-refractivity contribution in [2.24, 2.45) is 5.41 Å². The number of hydrogen-bond donors (Lipinski definition) is 1. The molecule has 3 rings (SSSR count). The van der Waals surface area contributed by atoms with Gasteiger partial charge in [0.05, 0.1) is 21.0 Å². The summed E-state index contributed by atoms with van der Waals surface area (Å²) >= 11 is 12.1. The summed E-state index contributed by atoms with van der Waals surface area (Å²) in [5, 5.41) is 9.93. The summed E-state index contributed by atoms with van der Waals surface area (Å²) in [5.41, 5.74) is -0.545. The highest BCUT2D eigenvalue weighted by atomic mass is 35.5. The lowest BCUT2D eigenvalue weighted by atomic mass is 9.66. The van der Waals surface area contributed by atoms with Crippen molar-refractivity contribution >= 4 is 41.0 Å². The molecule has 1 aromatic carbocycles. The highest BCUT2D eigenvalue weighted by molar-refractivity contribution is 6.43. The van der Waals surface area contributed by atoms with Crippen LogP contribution in [0.2, 0.25) is 10.0 Å². The highest BCUT2D eigenvalue weighted by Crippen LogP contribution is 2.44. The molecule has 6 nitrogen and oxygen atoms in total. The van der Waals surface area contributed by atoms with Gasteiger partial charge in [0.15, 0.2) is 0 Å². The van der Waals surface area contributed by atoms with Crippen LogP contribution >= 0.6 is 23.2 Å². The minimum atomic E-state index is -0.891. The number of carbonyl (C=O) groups excluding carboxylic acids is 2. The molecule has 0 aromatic heterocycles. The molecule has 2 aliphatic rings. The summed E-state index contributed by atoms with van der Waals surface area (Å²) in [6, 6.07) is 4.92. The van der Waals surface area contributed by atoms with E-state index >= 15 is 0 Å². The van der Waals surface area contributed by atoms with Crippen LogP contribution in [0.1, 0.15) is 36.0 Å². The van der Waals surface area contributed by atoms with Crippen molar-refractivity contribution < 1.29 is 19.5 Å². The van der Waals surface area contributed by atoms with Gasteiger partial charge in [-0.2, -0.15) is 0 Å². The Morgan fingerprint density at radius 3 is 2.19 bits per heavy atom. The van der Waals surface area contributed by atoms with Gasteiger partial charge in [0.25, 0.3) is 5.91 Å². The Balaban J connectivity index is 1.59. The van der Waals surface area contributed by atoms with Crippen LogP contribution in [0.15, 0.2) is 18.2 Å². The van der Waals surface area contributed by atoms with E-state index in [-0.39, 0.29) is 23.3 Å². The molecular weight excluding hydrogens is 379 g/mol. The molecule has 2 amide bonds. The zero-order valence-electron chi connectivity index (χ0n) is 14.2. The molecule has 0 unspecified atom stereocenters. The Kier molecular flexibility index (Phi) is 5.44. The number of amides is 2. The van der Waals surface area contributed by atoms with Crippen molar-refractivity contribution in [3.8, 4) is 0 Å². The van der Waals surface area contributed by atoms with Crippen LogP contribution in [0.4, 0.5) is 0 Å². The minimum absolute atomic E-state index is 0.0381. The lowest BCUT2D eigenvalue weighted by Crippen LogP contribution is -2.52. The molecular formula is C18H20Cl2N2O4. The summed E-state index contributed by atoms with van der Waals surface area (Å²) in [6.07, 6.45) is 2.00. The summed E-state index contributed by atoms with van der Waals surface area (Å²) in [7, 11) is 0. The third-order valence-electron chi connectivity index (χ3n) is 5.36. The van der Waals surface area contributed by atoms with Crippen molar-refractivity contribution in [3.63, 3.8) is 0 Å².